The molecule has 3 saturated carbocycles. The first-order valence-electron chi connectivity index (χ1n) is 7.66. The minimum atomic E-state index is -0.111. The summed E-state index contributed by atoms with van der Waals surface area (Å²) in [6.45, 7) is 0.313. The Morgan fingerprint density at radius 2 is 1.90 bits per heavy atom. The molecule has 3 fully saturated rings. The molecule has 0 radical (unpaired) electrons. The maximum absolute atomic E-state index is 11.9. The van der Waals surface area contributed by atoms with Crippen LogP contribution in [0.25, 0.3) is 0 Å². The molecule has 0 aliphatic heterocycles. The summed E-state index contributed by atoms with van der Waals surface area (Å²) in [4.78, 5) is 16.2. The van der Waals surface area contributed by atoms with E-state index in [1.807, 2.05) is 0 Å². The summed E-state index contributed by atoms with van der Waals surface area (Å²) in [6.07, 6.45) is 7.34. The molecule has 108 valence electrons. The van der Waals surface area contributed by atoms with Crippen LogP contribution in [0.1, 0.15) is 56.2 Å². The highest BCUT2D eigenvalue weighted by molar-refractivity contribution is 5.74. The summed E-state index contributed by atoms with van der Waals surface area (Å²) in [5.41, 5.74) is 0. The number of aromatic nitrogens is 2. The van der Waals surface area contributed by atoms with Gasteiger partial charge in [0.25, 0.3) is 0 Å². The number of carbonyl (C=O) groups excluding carboxylic acids is 1. The fraction of sp³-hybridized carbons (Fsp3) is 0.786. The normalized spacial score (nSPS) is 22.1. The Labute approximate surface area is 117 Å². The van der Waals surface area contributed by atoms with Gasteiger partial charge in [-0.25, -0.2) is 4.79 Å². The minimum Gasteiger partial charge on any atom is -0.337 e. The Morgan fingerprint density at radius 1 is 1.20 bits per heavy atom. The van der Waals surface area contributed by atoms with Crippen molar-refractivity contribution in [2.45, 2.75) is 57.0 Å². The predicted octanol–water partition coefficient (Wildman–Crippen LogP) is 1.93. The van der Waals surface area contributed by atoms with E-state index in [9.17, 15) is 4.79 Å². The van der Waals surface area contributed by atoms with Gasteiger partial charge in [0.15, 0.2) is 5.82 Å². The number of carbonyl (C=O) groups is 1. The van der Waals surface area contributed by atoms with Crippen molar-refractivity contribution in [3.8, 4) is 0 Å². The van der Waals surface area contributed by atoms with Gasteiger partial charge in [0, 0.05) is 12.0 Å². The van der Waals surface area contributed by atoms with Crippen molar-refractivity contribution in [2.75, 3.05) is 0 Å². The van der Waals surface area contributed by atoms with Crippen LogP contribution in [0.15, 0.2) is 4.52 Å². The highest BCUT2D eigenvalue weighted by Gasteiger charge is 2.42. The average Bonchev–Trinajstić information content (AvgIpc) is 3.31. The van der Waals surface area contributed by atoms with Gasteiger partial charge in [-0.15, -0.1) is 0 Å². The van der Waals surface area contributed by atoms with E-state index in [0.29, 0.717) is 36.2 Å². The minimum absolute atomic E-state index is 0.111. The van der Waals surface area contributed by atoms with E-state index in [4.69, 9.17) is 4.52 Å². The second kappa shape index (κ2) is 4.75. The SMILES string of the molecule is O=C(NCc1nc(C2CC2)no1)NC(C1CC1)C1CC1. The van der Waals surface area contributed by atoms with Gasteiger partial charge in [-0.2, -0.15) is 4.98 Å². The Morgan fingerprint density at radius 3 is 2.50 bits per heavy atom. The molecule has 1 aromatic heterocycles. The third-order valence-corrected chi connectivity index (χ3v) is 4.38. The average molecular weight is 276 g/mol. The molecule has 6 nitrogen and oxygen atoms in total. The molecule has 0 bridgehead atoms. The Bertz CT molecular complexity index is 491. The fourth-order valence-electron chi connectivity index (χ4n) is 2.74. The van der Waals surface area contributed by atoms with Crippen molar-refractivity contribution < 1.29 is 9.32 Å². The van der Waals surface area contributed by atoms with E-state index in [1.165, 1.54) is 25.7 Å². The van der Waals surface area contributed by atoms with Crippen molar-refractivity contribution in [3.63, 3.8) is 0 Å². The number of rotatable bonds is 6. The zero-order valence-corrected chi connectivity index (χ0v) is 11.5. The van der Waals surface area contributed by atoms with Crippen molar-refractivity contribution in [1.82, 2.24) is 20.8 Å². The van der Waals surface area contributed by atoms with E-state index < -0.39 is 0 Å². The first-order valence-corrected chi connectivity index (χ1v) is 7.66. The molecule has 6 heteroatoms. The van der Waals surface area contributed by atoms with Crippen molar-refractivity contribution in [1.29, 1.82) is 0 Å². The first-order chi connectivity index (χ1) is 9.79. The summed E-state index contributed by atoms with van der Waals surface area (Å²) >= 11 is 0. The number of hydrogen-bond donors (Lipinski definition) is 2. The summed E-state index contributed by atoms with van der Waals surface area (Å²) in [6, 6.07) is 0.264. The number of urea groups is 1. The molecule has 0 unspecified atom stereocenters. The number of amides is 2. The molecule has 1 heterocycles. The lowest BCUT2D eigenvalue weighted by Gasteiger charge is -2.17. The molecule has 0 saturated heterocycles. The highest BCUT2D eigenvalue weighted by Crippen LogP contribution is 2.44. The van der Waals surface area contributed by atoms with Crippen molar-refractivity contribution >= 4 is 6.03 Å². The van der Waals surface area contributed by atoms with Crippen molar-refractivity contribution in [3.05, 3.63) is 11.7 Å². The lowest BCUT2D eigenvalue weighted by molar-refractivity contribution is 0.231. The number of nitrogens with one attached hydrogen (secondary N) is 2. The highest BCUT2D eigenvalue weighted by atomic mass is 16.5. The molecule has 20 heavy (non-hydrogen) atoms. The summed E-state index contributed by atoms with van der Waals surface area (Å²) < 4.78 is 5.14. The lowest BCUT2D eigenvalue weighted by Crippen LogP contribution is -2.44. The maximum atomic E-state index is 11.9. The third-order valence-electron chi connectivity index (χ3n) is 4.38. The maximum Gasteiger partial charge on any atom is 0.315 e. The molecule has 0 aromatic carbocycles. The molecule has 2 N–H and O–H groups in total. The Balaban J connectivity index is 1.26. The van der Waals surface area contributed by atoms with E-state index in [-0.39, 0.29) is 6.03 Å². The smallest absolute Gasteiger partial charge is 0.315 e. The van der Waals surface area contributed by atoms with Gasteiger partial charge in [0.1, 0.15) is 0 Å². The second-order valence-corrected chi connectivity index (χ2v) is 6.35. The summed E-state index contributed by atoms with van der Waals surface area (Å²) in [5, 5.41) is 9.87. The number of nitrogens with zero attached hydrogens (tertiary/aromatic N) is 2. The first kappa shape index (κ1) is 12.2. The molecule has 1 aromatic rings. The van der Waals surface area contributed by atoms with E-state index in [0.717, 1.165) is 18.7 Å². The Hall–Kier alpha value is -1.59. The van der Waals surface area contributed by atoms with Crippen LogP contribution in [-0.2, 0) is 6.54 Å². The second-order valence-electron chi connectivity index (χ2n) is 6.35. The van der Waals surface area contributed by atoms with Crippen LogP contribution in [0.5, 0.6) is 0 Å². The molecular weight excluding hydrogens is 256 g/mol. The summed E-state index contributed by atoms with van der Waals surface area (Å²) in [5.74, 6) is 3.18. The molecule has 0 atom stereocenters. The molecule has 3 aliphatic rings. The van der Waals surface area contributed by atoms with Gasteiger partial charge < -0.3 is 15.2 Å². The van der Waals surface area contributed by atoms with Crippen LogP contribution in [0.3, 0.4) is 0 Å². The van der Waals surface area contributed by atoms with Gasteiger partial charge in [0.05, 0.1) is 6.54 Å². The van der Waals surface area contributed by atoms with Gasteiger partial charge in [0.2, 0.25) is 5.89 Å². The monoisotopic (exact) mass is 276 g/mol. The predicted molar refractivity (Wildman–Crippen MR) is 70.9 cm³/mol. The third kappa shape index (κ3) is 2.78. The van der Waals surface area contributed by atoms with E-state index in [2.05, 4.69) is 20.8 Å². The van der Waals surface area contributed by atoms with E-state index in [1.54, 1.807) is 0 Å². The summed E-state index contributed by atoms with van der Waals surface area (Å²) in [7, 11) is 0. The van der Waals surface area contributed by atoms with Crippen LogP contribution in [-0.4, -0.2) is 22.2 Å². The fourth-order valence-corrected chi connectivity index (χ4v) is 2.74. The Kier molecular flexibility index (Phi) is 2.89. The van der Waals surface area contributed by atoms with Gasteiger partial charge in [-0.1, -0.05) is 5.16 Å². The largest absolute Gasteiger partial charge is 0.337 e. The van der Waals surface area contributed by atoms with Gasteiger partial charge in [-0.3, -0.25) is 0 Å². The van der Waals surface area contributed by atoms with Crippen molar-refractivity contribution in [2.24, 2.45) is 11.8 Å². The van der Waals surface area contributed by atoms with E-state index >= 15 is 0 Å². The van der Waals surface area contributed by atoms with Gasteiger partial charge >= 0.3 is 6.03 Å². The number of hydrogen-bond acceptors (Lipinski definition) is 4. The zero-order valence-electron chi connectivity index (χ0n) is 11.5. The zero-order chi connectivity index (χ0) is 13.5. The van der Waals surface area contributed by atoms with Crippen LogP contribution in [0.2, 0.25) is 0 Å². The lowest BCUT2D eigenvalue weighted by atomic mass is 10.1. The molecule has 4 rings (SSSR count). The quantitative estimate of drug-likeness (QED) is 0.832. The molecular formula is C14H20N4O2. The van der Waals surface area contributed by atoms with Gasteiger partial charge in [-0.05, 0) is 50.4 Å². The molecule has 2 amide bonds. The van der Waals surface area contributed by atoms with Crippen LogP contribution in [0, 0.1) is 11.8 Å². The standard InChI is InChI=1S/C14H20N4O2/c19-14(17-12(8-1-2-8)9-3-4-9)15-7-11-16-13(18-20-11)10-5-6-10/h8-10,12H,1-7H2,(H2,15,17,19). The van der Waals surface area contributed by atoms with Crippen LogP contribution >= 0.6 is 0 Å². The van der Waals surface area contributed by atoms with Crippen LogP contribution < -0.4 is 10.6 Å². The van der Waals surface area contributed by atoms with Crippen LogP contribution in [0.4, 0.5) is 4.79 Å². The molecule has 3 aliphatic carbocycles. The molecule has 0 spiro atoms. The topological polar surface area (TPSA) is 80.1 Å².